The van der Waals surface area contributed by atoms with Crippen LogP contribution < -0.4 is 0 Å². The highest BCUT2D eigenvalue weighted by Gasteiger charge is 2.19. The average molecular weight is 270 g/mol. The van der Waals surface area contributed by atoms with Gasteiger partial charge >= 0.3 is 0 Å². The van der Waals surface area contributed by atoms with Crippen molar-refractivity contribution in [3.8, 4) is 11.1 Å². The minimum Gasteiger partial charge on any atom is -0.278 e. The molecule has 0 fully saturated rings. The van der Waals surface area contributed by atoms with E-state index in [4.69, 9.17) is 4.99 Å². The molecule has 100 valence electrons. The molecule has 1 aliphatic heterocycles. The highest BCUT2D eigenvalue weighted by molar-refractivity contribution is 6.15. The number of hydrogen-bond donors (Lipinski definition) is 0. The molecule has 2 aromatic carbocycles. The van der Waals surface area contributed by atoms with E-state index in [0.717, 1.165) is 22.5 Å². The van der Waals surface area contributed by atoms with E-state index in [2.05, 4.69) is 47.4 Å². The summed E-state index contributed by atoms with van der Waals surface area (Å²) in [5.74, 6) is 0. The molecule has 2 heteroatoms. The van der Waals surface area contributed by atoms with Gasteiger partial charge in [-0.15, -0.1) is 0 Å². The molecule has 1 aliphatic rings. The van der Waals surface area contributed by atoms with Crippen molar-refractivity contribution in [2.24, 2.45) is 4.99 Å². The summed E-state index contributed by atoms with van der Waals surface area (Å²) in [5.41, 5.74) is 6.70. The molecule has 2 heterocycles. The van der Waals surface area contributed by atoms with Crippen molar-refractivity contribution in [3.05, 3.63) is 89.7 Å². The van der Waals surface area contributed by atoms with Crippen LogP contribution in [-0.2, 0) is 6.54 Å². The maximum absolute atomic E-state index is 4.83. The third kappa shape index (κ3) is 2.05. The minimum absolute atomic E-state index is 0.691. The van der Waals surface area contributed by atoms with Crippen molar-refractivity contribution >= 4 is 5.71 Å². The SMILES string of the molecule is c1ccc(C2=NCc3ccccc3-c3cccnc32)cc1. The predicted octanol–water partition coefficient (Wildman–Crippen LogP) is 4.10. The number of pyridine rings is 1. The van der Waals surface area contributed by atoms with Gasteiger partial charge in [0.05, 0.1) is 18.0 Å². The van der Waals surface area contributed by atoms with Crippen molar-refractivity contribution in [1.82, 2.24) is 4.98 Å². The van der Waals surface area contributed by atoms with Gasteiger partial charge in [-0.05, 0) is 17.2 Å². The van der Waals surface area contributed by atoms with E-state index < -0.39 is 0 Å². The number of aromatic nitrogens is 1. The van der Waals surface area contributed by atoms with E-state index in [1.54, 1.807) is 0 Å². The van der Waals surface area contributed by atoms with Crippen LogP contribution in [0.1, 0.15) is 16.8 Å². The van der Waals surface area contributed by atoms with Crippen molar-refractivity contribution in [2.45, 2.75) is 6.54 Å². The molecule has 3 aromatic rings. The fourth-order valence-corrected chi connectivity index (χ4v) is 2.80. The van der Waals surface area contributed by atoms with E-state index >= 15 is 0 Å². The fourth-order valence-electron chi connectivity index (χ4n) is 2.80. The molecule has 0 saturated heterocycles. The summed E-state index contributed by atoms with van der Waals surface area (Å²) < 4.78 is 0. The molecule has 2 nitrogen and oxygen atoms in total. The lowest BCUT2D eigenvalue weighted by molar-refractivity contribution is 1.08. The van der Waals surface area contributed by atoms with Gasteiger partial charge in [0, 0.05) is 17.3 Å². The normalized spacial score (nSPS) is 12.9. The Labute approximate surface area is 123 Å². The summed E-state index contributed by atoms with van der Waals surface area (Å²) in [7, 11) is 0. The molecular formula is C19H14N2. The quantitative estimate of drug-likeness (QED) is 0.653. The van der Waals surface area contributed by atoms with Gasteiger partial charge in [-0.2, -0.15) is 0 Å². The predicted molar refractivity (Wildman–Crippen MR) is 85.5 cm³/mol. The number of fused-ring (bicyclic) bond motifs is 3. The van der Waals surface area contributed by atoms with Crippen LogP contribution in [0.3, 0.4) is 0 Å². The van der Waals surface area contributed by atoms with Gasteiger partial charge in [0.25, 0.3) is 0 Å². The Kier molecular flexibility index (Phi) is 2.86. The fraction of sp³-hybridized carbons (Fsp3) is 0.0526. The van der Waals surface area contributed by atoms with Crippen molar-refractivity contribution in [3.63, 3.8) is 0 Å². The molecule has 0 unspecified atom stereocenters. The number of hydrogen-bond acceptors (Lipinski definition) is 2. The third-order valence-corrected chi connectivity index (χ3v) is 3.79. The van der Waals surface area contributed by atoms with Crippen LogP contribution in [0.5, 0.6) is 0 Å². The topological polar surface area (TPSA) is 25.2 Å². The Bertz CT molecular complexity index is 820. The van der Waals surface area contributed by atoms with Gasteiger partial charge in [-0.25, -0.2) is 0 Å². The van der Waals surface area contributed by atoms with Gasteiger partial charge in [0.2, 0.25) is 0 Å². The summed E-state index contributed by atoms with van der Waals surface area (Å²) >= 11 is 0. The second-order valence-electron chi connectivity index (χ2n) is 5.09. The highest BCUT2D eigenvalue weighted by Crippen LogP contribution is 2.31. The Hall–Kier alpha value is -2.74. The number of aliphatic imine (C=N–C) groups is 1. The summed E-state index contributed by atoms with van der Waals surface area (Å²) in [6.45, 7) is 0.691. The van der Waals surface area contributed by atoms with Crippen LogP contribution in [0, 0.1) is 0 Å². The highest BCUT2D eigenvalue weighted by atomic mass is 14.8. The van der Waals surface area contributed by atoms with Crippen LogP contribution in [-0.4, -0.2) is 10.7 Å². The Morgan fingerprint density at radius 1 is 0.714 bits per heavy atom. The zero-order valence-electron chi connectivity index (χ0n) is 11.5. The van der Waals surface area contributed by atoms with Gasteiger partial charge in [-0.3, -0.25) is 9.98 Å². The van der Waals surface area contributed by atoms with Crippen molar-refractivity contribution in [1.29, 1.82) is 0 Å². The van der Waals surface area contributed by atoms with E-state index in [-0.39, 0.29) is 0 Å². The van der Waals surface area contributed by atoms with Crippen LogP contribution in [0.4, 0.5) is 0 Å². The van der Waals surface area contributed by atoms with Gasteiger partial charge in [0.15, 0.2) is 0 Å². The molecule has 0 spiro atoms. The summed E-state index contributed by atoms with van der Waals surface area (Å²) in [4.78, 5) is 9.44. The second kappa shape index (κ2) is 4.98. The molecule has 0 aliphatic carbocycles. The molecule has 0 radical (unpaired) electrons. The first kappa shape index (κ1) is 12.0. The van der Waals surface area contributed by atoms with Crippen LogP contribution in [0.15, 0.2) is 77.9 Å². The Morgan fingerprint density at radius 2 is 1.48 bits per heavy atom. The molecule has 0 atom stereocenters. The number of rotatable bonds is 1. The maximum atomic E-state index is 4.83. The average Bonchev–Trinajstić information content (AvgIpc) is 2.73. The summed E-state index contributed by atoms with van der Waals surface area (Å²) in [6, 6.07) is 22.8. The van der Waals surface area contributed by atoms with Crippen LogP contribution >= 0.6 is 0 Å². The van der Waals surface area contributed by atoms with E-state index in [9.17, 15) is 0 Å². The monoisotopic (exact) mass is 270 g/mol. The molecule has 0 N–H and O–H groups in total. The first-order valence-corrected chi connectivity index (χ1v) is 7.07. The zero-order chi connectivity index (χ0) is 14.1. The third-order valence-electron chi connectivity index (χ3n) is 3.79. The molecule has 4 rings (SSSR count). The molecule has 0 bridgehead atoms. The van der Waals surface area contributed by atoms with Crippen LogP contribution in [0.25, 0.3) is 11.1 Å². The summed E-state index contributed by atoms with van der Waals surface area (Å²) in [6.07, 6.45) is 1.84. The molecule has 0 saturated carbocycles. The smallest absolute Gasteiger partial charge is 0.0966 e. The zero-order valence-corrected chi connectivity index (χ0v) is 11.5. The first-order chi connectivity index (χ1) is 10.4. The van der Waals surface area contributed by atoms with Crippen molar-refractivity contribution < 1.29 is 0 Å². The van der Waals surface area contributed by atoms with E-state index in [1.165, 1.54) is 11.1 Å². The molecule has 1 aromatic heterocycles. The first-order valence-electron chi connectivity index (χ1n) is 7.07. The molecule has 21 heavy (non-hydrogen) atoms. The van der Waals surface area contributed by atoms with E-state index in [0.29, 0.717) is 6.54 Å². The van der Waals surface area contributed by atoms with Crippen LogP contribution in [0.2, 0.25) is 0 Å². The van der Waals surface area contributed by atoms with E-state index in [1.807, 2.05) is 30.5 Å². The van der Waals surface area contributed by atoms with Gasteiger partial charge in [0.1, 0.15) is 0 Å². The lowest BCUT2D eigenvalue weighted by Gasteiger charge is -2.09. The Morgan fingerprint density at radius 3 is 2.38 bits per heavy atom. The molecular weight excluding hydrogens is 256 g/mol. The Balaban J connectivity index is 1.99. The standard InChI is InChI=1S/C19H14N2/c1-2-7-14(8-3-1)18-19-17(11-6-12-20-19)16-10-5-4-9-15(16)13-21-18/h1-12H,13H2. The molecule has 0 amide bonds. The largest absolute Gasteiger partial charge is 0.278 e. The minimum atomic E-state index is 0.691. The number of nitrogens with zero attached hydrogens (tertiary/aromatic N) is 2. The van der Waals surface area contributed by atoms with Crippen molar-refractivity contribution in [2.75, 3.05) is 0 Å². The second-order valence-corrected chi connectivity index (χ2v) is 5.09. The number of benzene rings is 2. The maximum Gasteiger partial charge on any atom is 0.0966 e. The lowest BCUT2D eigenvalue weighted by atomic mass is 9.96. The lowest BCUT2D eigenvalue weighted by Crippen LogP contribution is -2.06. The van der Waals surface area contributed by atoms with Gasteiger partial charge < -0.3 is 0 Å². The summed E-state index contributed by atoms with van der Waals surface area (Å²) in [5, 5.41) is 0. The van der Waals surface area contributed by atoms with Gasteiger partial charge in [-0.1, -0.05) is 60.7 Å².